The van der Waals surface area contributed by atoms with E-state index in [2.05, 4.69) is 11.1 Å². The van der Waals surface area contributed by atoms with E-state index in [1.165, 1.54) is 4.70 Å². The van der Waals surface area contributed by atoms with Gasteiger partial charge in [0.05, 0.1) is 22.2 Å². The van der Waals surface area contributed by atoms with Gasteiger partial charge in [0.25, 0.3) is 0 Å². The first-order valence-corrected chi connectivity index (χ1v) is 8.43. The number of hydrogen-bond acceptors (Lipinski definition) is 5. The Morgan fingerprint density at radius 3 is 2.48 bits per heavy atom. The van der Waals surface area contributed by atoms with Crippen LogP contribution in [0.25, 0.3) is 22.4 Å². The van der Waals surface area contributed by atoms with Gasteiger partial charge in [0.1, 0.15) is 5.01 Å². The minimum absolute atomic E-state index is 0. The molecule has 1 atom stereocenters. The molecule has 1 unspecified atom stereocenters. The quantitative estimate of drug-likeness (QED) is 0.603. The summed E-state index contributed by atoms with van der Waals surface area (Å²) in [7, 11) is 1.74. The fourth-order valence-corrected chi connectivity index (χ4v) is 3.20. The van der Waals surface area contributed by atoms with E-state index in [0.29, 0.717) is 0 Å². The summed E-state index contributed by atoms with van der Waals surface area (Å²) in [5, 5.41) is 11.9. The molecule has 0 aliphatic rings. The number of carboxylic acids is 1. The number of aliphatic carboxylic acids is 1. The fraction of sp³-hybridized carbons (Fsp3) is 0.158. The predicted octanol–water partition coefficient (Wildman–Crippen LogP) is 0.0453. The number of thiazole rings is 1. The third-order valence-corrected chi connectivity index (χ3v) is 4.95. The number of fused-ring (bicyclic) bond motifs is 1. The van der Waals surface area contributed by atoms with Crippen molar-refractivity contribution in [3.05, 3.63) is 59.1 Å². The second kappa shape index (κ2) is 8.63. The third kappa shape index (κ3) is 4.70. The zero-order chi connectivity index (χ0) is 17.1. The number of carboxylic acid groups (broad SMARTS) is 1. The largest absolute Gasteiger partial charge is 1.00 e. The molecule has 3 aromatic rings. The van der Waals surface area contributed by atoms with Crippen molar-refractivity contribution in [2.24, 2.45) is 0 Å². The number of likely N-dealkylation sites (N-methyl/N-ethyl adjacent to an activating group) is 1. The summed E-state index contributed by atoms with van der Waals surface area (Å²) in [6.07, 6.45) is 4.00. The Balaban J connectivity index is 0.00000225. The molecular weight excluding hydrogens is 343 g/mol. The Labute approximate surface area is 173 Å². The maximum absolute atomic E-state index is 10.9. The Hall–Kier alpha value is -1.66. The smallest absolute Gasteiger partial charge is 0.548 e. The zero-order valence-electron chi connectivity index (χ0n) is 14.5. The average molecular weight is 360 g/mol. The van der Waals surface area contributed by atoms with Gasteiger partial charge in [-0.3, -0.25) is 0 Å². The van der Waals surface area contributed by atoms with Gasteiger partial charge in [0.15, 0.2) is 0 Å². The summed E-state index contributed by atoms with van der Waals surface area (Å²) >= 11 is 1.65. The SMILES string of the molecule is CC(C(=O)[O-])N(C)c1ccc(/C=C/c2nc3ccccc3s2)cc1.[Na+]. The Morgan fingerprint density at radius 1 is 1.16 bits per heavy atom. The molecule has 0 fully saturated rings. The van der Waals surface area contributed by atoms with Gasteiger partial charge in [0, 0.05) is 12.7 Å². The van der Waals surface area contributed by atoms with Crippen LogP contribution in [0.15, 0.2) is 48.5 Å². The number of carbonyl (C=O) groups is 1. The first-order chi connectivity index (χ1) is 11.5. The van der Waals surface area contributed by atoms with E-state index in [1.54, 1.807) is 30.2 Å². The second-order valence-corrected chi connectivity index (χ2v) is 6.61. The van der Waals surface area contributed by atoms with Crippen molar-refractivity contribution in [3.63, 3.8) is 0 Å². The molecule has 0 aliphatic carbocycles. The van der Waals surface area contributed by atoms with Crippen LogP contribution in [0.1, 0.15) is 17.5 Å². The topological polar surface area (TPSA) is 56.3 Å². The van der Waals surface area contributed by atoms with Gasteiger partial charge in [-0.05, 0) is 42.8 Å². The molecule has 0 spiro atoms. The molecule has 3 rings (SSSR count). The van der Waals surface area contributed by atoms with Crippen LogP contribution in [-0.4, -0.2) is 24.0 Å². The molecule has 0 aliphatic heterocycles. The van der Waals surface area contributed by atoms with Crippen LogP contribution in [0.3, 0.4) is 0 Å². The Morgan fingerprint density at radius 2 is 1.84 bits per heavy atom. The van der Waals surface area contributed by atoms with E-state index in [1.807, 2.05) is 54.6 Å². The van der Waals surface area contributed by atoms with Crippen molar-refractivity contribution >= 4 is 45.4 Å². The number of rotatable bonds is 5. The van der Waals surface area contributed by atoms with Gasteiger partial charge in [-0.25, -0.2) is 4.98 Å². The summed E-state index contributed by atoms with van der Waals surface area (Å²) in [4.78, 5) is 17.2. The predicted molar refractivity (Wildman–Crippen MR) is 97.9 cm³/mol. The minimum Gasteiger partial charge on any atom is -0.548 e. The van der Waals surface area contributed by atoms with E-state index in [0.717, 1.165) is 21.8 Å². The van der Waals surface area contributed by atoms with Crippen molar-refractivity contribution in [2.45, 2.75) is 13.0 Å². The minimum atomic E-state index is -1.09. The molecule has 122 valence electrons. The van der Waals surface area contributed by atoms with E-state index < -0.39 is 12.0 Å². The number of anilines is 1. The van der Waals surface area contributed by atoms with E-state index in [4.69, 9.17) is 0 Å². The van der Waals surface area contributed by atoms with Crippen molar-refractivity contribution in [3.8, 4) is 0 Å². The van der Waals surface area contributed by atoms with Crippen LogP contribution < -0.4 is 39.6 Å². The van der Waals surface area contributed by atoms with Crippen LogP contribution in [0.5, 0.6) is 0 Å². The molecule has 0 bridgehead atoms. The summed E-state index contributed by atoms with van der Waals surface area (Å²) in [5.74, 6) is -1.09. The first kappa shape index (κ1) is 19.7. The number of carbonyl (C=O) groups excluding carboxylic acids is 1. The second-order valence-electron chi connectivity index (χ2n) is 5.55. The molecule has 1 heterocycles. The number of hydrogen-bond donors (Lipinski definition) is 0. The molecule has 4 nitrogen and oxygen atoms in total. The van der Waals surface area contributed by atoms with Gasteiger partial charge >= 0.3 is 29.6 Å². The number of nitrogens with zero attached hydrogens (tertiary/aromatic N) is 2. The van der Waals surface area contributed by atoms with Gasteiger partial charge in [-0.2, -0.15) is 0 Å². The molecule has 2 aromatic carbocycles. The van der Waals surface area contributed by atoms with Gasteiger partial charge in [-0.15, -0.1) is 11.3 Å². The summed E-state index contributed by atoms with van der Waals surface area (Å²) < 4.78 is 1.17. The van der Waals surface area contributed by atoms with E-state index >= 15 is 0 Å². The third-order valence-electron chi connectivity index (χ3n) is 3.95. The summed E-state index contributed by atoms with van der Waals surface area (Å²) in [6.45, 7) is 1.61. The number of benzene rings is 2. The zero-order valence-corrected chi connectivity index (χ0v) is 17.3. The first-order valence-electron chi connectivity index (χ1n) is 7.62. The Kier molecular flexibility index (Phi) is 6.79. The standard InChI is InChI=1S/C19H18N2O2S.Na/c1-13(19(22)23)21(2)15-10-7-14(8-11-15)9-12-18-20-16-5-3-4-6-17(16)24-18;/h3-13H,1-2H3,(H,22,23);/q;+1/p-1/b12-9+;. The van der Waals surface area contributed by atoms with Crippen LogP contribution in [0.2, 0.25) is 0 Å². The van der Waals surface area contributed by atoms with Gasteiger partial charge in [-0.1, -0.05) is 30.3 Å². The average Bonchev–Trinajstić information content (AvgIpc) is 3.02. The van der Waals surface area contributed by atoms with Crippen LogP contribution in [0, 0.1) is 0 Å². The van der Waals surface area contributed by atoms with Crippen LogP contribution in [-0.2, 0) is 4.79 Å². The van der Waals surface area contributed by atoms with Crippen molar-refractivity contribution < 1.29 is 39.5 Å². The summed E-state index contributed by atoms with van der Waals surface area (Å²) in [5.41, 5.74) is 2.88. The summed E-state index contributed by atoms with van der Waals surface area (Å²) in [6, 6.07) is 15.1. The monoisotopic (exact) mass is 360 g/mol. The van der Waals surface area contributed by atoms with Crippen LogP contribution in [0.4, 0.5) is 5.69 Å². The number of para-hydroxylation sites is 1. The molecule has 0 saturated carbocycles. The molecule has 6 heteroatoms. The number of aromatic nitrogens is 1. The van der Waals surface area contributed by atoms with Crippen molar-refractivity contribution in [1.82, 2.24) is 4.98 Å². The van der Waals surface area contributed by atoms with Crippen molar-refractivity contribution in [1.29, 1.82) is 0 Å². The maximum atomic E-state index is 10.9. The fourth-order valence-electron chi connectivity index (χ4n) is 2.33. The van der Waals surface area contributed by atoms with E-state index in [9.17, 15) is 9.90 Å². The molecule has 0 amide bonds. The van der Waals surface area contributed by atoms with E-state index in [-0.39, 0.29) is 29.6 Å². The molecule has 1 aromatic heterocycles. The normalized spacial score (nSPS) is 12.1. The molecule has 0 N–H and O–H groups in total. The molecule has 0 saturated heterocycles. The maximum Gasteiger partial charge on any atom is 1.00 e. The molecule has 0 radical (unpaired) electrons. The van der Waals surface area contributed by atoms with Crippen LogP contribution >= 0.6 is 11.3 Å². The molecule has 25 heavy (non-hydrogen) atoms. The van der Waals surface area contributed by atoms with Crippen molar-refractivity contribution in [2.75, 3.05) is 11.9 Å². The Bertz CT molecular complexity index is 857. The molecular formula is C19H17N2NaO2S. The van der Waals surface area contributed by atoms with Gasteiger partial charge in [0.2, 0.25) is 0 Å². The van der Waals surface area contributed by atoms with Gasteiger partial charge < -0.3 is 14.8 Å².